The average molecular weight is 240 g/mol. The molecule has 5 nitrogen and oxygen atoms in total. The van der Waals surface area contributed by atoms with E-state index in [4.69, 9.17) is 11.5 Å². The van der Waals surface area contributed by atoms with Gasteiger partial charge in [-0.1, -0.05) is 0 Å². The number of halogens is 1. The van der Waals surface area contributed by atoms with Crippen molar-refractivity contribution in [3.8, 4) is 0 Å². The van der Waals surface area contributed by atoms with Crippen LogP contribution in [0.3, 0.4) is 0 Å². The van der Waals surface area contributed by atoms with E-state index in [1.54, 1.807) is 0 Å². The van der Waals surface area contributed by atoms with Crippen LogP contribution < -0.4 is 29.0 Å². The van der Waals surface area contributed by atoms with Crippen LogP contribution in [0.15, 0.2) is 0 Å². The molecular formula is C5H9ClCoN2O3. The Balaban J connectivity index is -0.000000405. The summed E-state index contributed by atoms with van der Waals surface area (Å²) in [6.45, 7) is 0. The Kier molecular flexibility index (Phi) is 13.0. The van der Waals surface area contributed by atoms with Gasteiger partial charge in [0, 0.05) is 12.5 Å². The summed E-state index contributed by atoms with van der Waals surface area (Å²) in [5.74, 6) is -1.92. The Labute approximate surface area is 86.5 Å². The van der Waals surface area contributed by atoms with E-state index in [0.29, 0.717) is 0 Å². The molecule has 1 amide bonds. The first kappa shape index (κ1) is 17.7. The van der Waals surface area contributed by atoms with E-state index in [0.717, 1.165) is 0 Å². The third-order valence-electron chi connectivity index (χ3n) is 1.00. The SMILES string of the molecule is NC(=O)CC[C@H](N)C(=O)[O-].[Cl-].[Co+2]. The minimum atomic E-state index is -1.36. The molecule has 73 valence electrons. The van der Waals surface area contributed by atoms with Crippen molar-refractivity contribution in [2.45, 2.75) is 18.9 Å². The molecule has 0 heterocycles. The van der Waals surface area contributed by atoms with Crippen LogP contribution in [-0.2, 0) is 26.4 Å². The molecule has 1 radical (unpaired) electrons. The maximum atomic E-state index is 10.1. The summed E-state index contributed by atoms with van der Waals surface area (Å²) in [4.78, 5) is 20.0. The standard InChI is InChI=1S/C5H10N2O3.ClH.Co/c6-3(5(9)10)1-2-4(7)8;;/h3H,1-2,6H2,(H2,7,8)(H,9,10);1H;/q;;+2/p-2/t3-;;/m0../s1. The third-order valence-corrected chi connectivity index (χ3v) is 1.00. The van der Waals surface area contributed by atoms with Gasteiger partial charge in [0.1, 0.15) is 0 Å². The number of carbonyl (C=O) groups excluding carboxylic acids is 2. The monoisotopic (exact) mass is 239 g/mol. The number of carbonyl (C=O) groups is 2. The second-order valence-electron chi connectivity index (χ2n) is 1.93. The fraction of sp³-hybridized carbons (Fsp3) is 0.600. The zero-order valence-corrected chi connectivity index (χ0v) is 7.88. The van der Waals surface area contributed by atoms with Gasteiger partial charge in [-0.3, -0.25) is 4.79 Å². The number of rotatable bonds is 4. The summed E-state index contributed by atoms with van der Waals surface area (Å²) in [5.41, 5.74) is 9.73. The third kappa shape index (κ3) is 9.70. The van der Waals surface area contributed by atoms with Gasteiger partial charge in [0.05, 0.1) is 5.97 Å². The van der Waals surface area contributed by atoms with Crippen LogP contribution in [0.5, 0.6) is 0 Å². The molecule has 1 atom stereocenters. The molecule has 12 heavy (non-hydrogen) atoms. The van der Waals surface area contributed by atoms with Crippen molar-refractivity contribution in [2.24, 2.45) is 11.5 Å². The van der Waals surface area contributed by atoms with Gasteiger partial charge in [0.2, 0.25) is 5.91 Å². The quantitative estimate of drug-likeness (QED) is 0.509. The van der Waals surface area contributed by atoms with Crippen molar-refractivity contribution in [3.05, 3.63) is 0 Å². The van der Waals surface area contributed by atoms with Crippen molar-refractivity contribution in [2.75, 3.05) is 0 Å². The van der Waals surface area contributed by atoms with Gasteiger partial charge < -0.3 is 33.8 Å². The number of carboxylic acids is 1. The van der Waals surface area contributed by atoms with Crippen LogP contribution in [-0.4, -0.2) is 17.9 Å². The van der Waals surface area contributed by atoms with Gasteiger partial charge in [-0.05, 0) is 6.42 Å². The van der Waals surface area contributed by atoms with Gasteiger partial charge in [-0.2, -0.15) is 0 Å². The van der Waals surface area contributed by atoms with Crippen molar-refractivity contribution in [1.29, 1.82) is 0 Å². The summed E-state index contributed by atoms with van der Waals surface area (Å²) in [6.07, 6.45) is 0.0206. The molecule has 0 bridgehead atoms. The van der Waals surface area contributed by atoms with E-state index < -0.39 is 17.9 Å². The van der Waals surface area contributed by atoms with Crippen LogP contribution >= 0.6 is 0 Å². The summed E-state index contributed by atoms with van der Waals surface area (Å²) in [5, 5.41) is 9.92. The van der Waals surface area contributed by atoms with Crippen molar-refractivity contribution in [1.82, 2.24) is 0 Å². The number of aliphatic carboxylic acids is 1. The van der Waals surface area contributed by atoms with Gasteiger partial charge in [0.15, 0.2) is 0 Å². The summed E-state index contributed by atoms with van der Waals surface area (Å²) in [7, 11) is 0. The van der Waals surface area contributed by atoms with E-state index in [9.17, 15) is 14.7 Å². The van der Waals surface area contributed by atoms with Crippen molar-refractivity contribution in [3.63, 3.8) is 0 Å². The molecule has 0 fully saturated rings. The Morgan fingerprint density at radius 3 is 2.08 bits per heavy atom. The molecule has 0 aromatic rings. The molecule has 0 aliphatic heterocycles. The smallest absolute Gasteiger partial charge is 1.00 e. The number of carboxylic acid groups (broad SMARTS) is 1. The zero-order chi connectivity index (χ0) is 8.15. The Morgan fingerprint density at radius 2 is 1.83 bits per heavy atom. The minimum Gasteiger partial charge on any atom is -1.00 e. The maximum absolute atomic E-state index is 10.1. The molecular weight excluding hydrogens is 230 g/mol. The van der Waals surface area contributed by atoms with E-state index in [1.807, 2.05) is 0 Å². The van der Waals surface area contributed by atoms with Crippen molar-refractivity contribution < 1.29 is 43.9 Å². The van der Waals surface area contributed by atoms with Gasteiger partial charge >= 0.3 is 16.8 Å². The first-order valence-corrected chi connectivity index (χ1v) is 2.78. The summed E-state index contributed by atoms with van der Waals surface area (Å²) < 4.78 is 0. The molecule has 0 aromatic carbocycles. The number of hydrogen-bond donors (Lipinski definition) is 2. The maximum Gasteiger partial charge on any atom is 2.00 e. The van der Waals surface area contributed by atoms with Crippen molar-refractivity contribution >= 4 is 11.9 Å². The van der Waals surface area contributed by atoms with Crippen LogP contribution in [0, 0.1) is 0 Å². The number of primary amides is 1. The minimum absolute atomic E-state index is 0. The fourth-order valence-corrected chi connectivity index (χ4v) is 0.416. The molecule has 0 saturated heterocycles. The Hall–Kier alpha value is -0.304. The topological polar surface area (TPSA) is 109 Å². The fourth-order valence-electron chi connectivity index (χ4n) is 0.416. The predicted molar refractivity (Wildman–Crippen MR) is 31.4 cm³/mol. The van der Waals surface area contributed by atoms with Crippen LogP contribution in [0.2, 0.25) is 0 Å². The van der Waals surface area contributed by atoms with Crippen LogP contribution in [0.1, 0.15) is 12.8 Å². The van der Waals surface area contributed by atoms with Gasteiger partial charge in [-0.15, -0.1) is 0 Å². The van der Waals surface area contributed by atoms with E-state index in [2.05, 4.69) is 0 Å². The normalized spacial score (nSPS) is 10.4. The van der Waals surface area contributed by atoms with Gasteiger partial charge in [0.25, 0.3) is 0 Å². The van der Waals surface area contributed by atoms with Gasteiger partial charge in [-0.25, -0.2) is 0 Å². The predicted octanol–water partition coefficient (Wildman–Crippen LogP) is -5.67. The molecule has 0 rings (SSSR count). The molecule has 0 aromatic heterocycles. The summed E-state index contributed by atoms with van der Waals surface area (Å²) >= 11 is 0. The van der Waals surface area contributed by atoms with Crippen LogP contribution in [0.4, 0.5) is 0 Å². The number of nitrogens with two attached hydrogens (primary N) is 2. The van der Waals surface area contributed by atoms with E-state index >= 15 is 0 Å². The second-order valence-corrected chi connectivity index (χ2v) is 1.93. The average Bonchev–Trinajstić information content (AvgIpc) is 1.82. The Morgan fingerprint density at radius 1 is 1.42 bits per heavy atom. The Bertz CT molecular complexity index is 156. The molecule has 4 N–H and O–H groups in total. The first-order chi connectivity index (χ1) is 4.54. The molecule has 0 aliphatic carbocycles. The molecule has 0 spiro atoms. The molecule has 0 unspecified atom stereocenters. The molecule has 0 saturated carbocycles. The van der Waals surface area contributed by atoms with E-state index in [1.165, 1.54) is 0 Å². The second kappa shape index (κ2) is 8.79. The number of amides is 1. The molecule has 0 aliphatic rings. The largest absolute Gasteiger partial charge is 2.00 e. The zero-order valence-electron chi connectivity index (χ0n) is 6.08. The number of hydrogen-bond acceptors (Lipinski definition) is 4. The van der Waals surface area contributed by atoms with E-state index in [-0.39, 0.29) is 42.0 Å². The molecule has 7 heteroatoms. The first-order valence-electron chi connectivity index (χ1n) is 2.78. The van der Waals surface area contributed by atoms with Crippen LogP contribution in [0.25, 0.3) is 0 Å². The summed E-state index contributed by atoms with van der Waals surface area (Å²) in [6, 6.07) is -1.09.